The lowest BCUT2D eigenvalue weighted by molar-refractivity contribution is -0.384. The summed E-state index contributed by atoms with van der Waals surface area (Å²) in [6.45, 7) is 8.97. The van der Waals surface area contributed by atoms with Gasteiger partial charge in [0.15, 0.2) is 0 Å². The van der Waals surface area contributed by atoms with Crippen LogP contribution in [0.4, 0.5) is 11.4 Å². The van der Waals surface area contributed by atoms with Gasteiger partial charge in [0.1, 0.15) is 6.04 Å². The third-order valence-corrected chi connectivity index (χ3v) is 5.54. The Kier molecular flexibility index (Phi) is 5.75. The molecule has 1 aliphatic heterocycles. The van der Waals surface area contributed by atoms with Gasteiger partial charge in [-0.05, 0) is 44.6 Å². The molecule has 0 saturated heterocycles. The second-order valence-corrected chi connectivity index (χ2v) is 7.23. The van der Waals surface area contributed by atoms with Gasteiger partial charge >= 0.3 is 0 Å². The average molecular weight is 411 g/mol. The van der Waals surface area contributed by atoms with Crippen LogP contribution >= 0.6 is 0 Å². The normalized spacial score (nSPS) is 15.4. The lowest BCUT2D eigenvalue weighted by atomic mass is 9.98. The number of primary amides is 1. The van der Waals surface area contributed by atoms with E-state index in [-0.39, 0.29) is 11.6 Å². The van der Waals surface area contributed by atoms with E-state index in [2.05, 4.69) is 10.3 Å². The number of rotatable bonds is 7. The molecule has 1 aromatic heterocycles. The quantitative estimate of drug-likeness (QED) is 0.366. The first-order valence-corrected chi connectivity index (χ1v) is 9.73. The number of amides is 2. The number of non-ortho nitro benzene ring substituents is 1. The Labute approximate surface area is 174 Å². The zero-order chi connectivity index (χ0) is 22.2. The highest BCUT2D eigenvalue weighted by atomic mass is 16.6. The molecule has 0 radical (unpaired) electrons. The third-order valence-electron chi connectivity index (χ3n) is 5.54. The van der Waals surface area contributed by atoms with Crippen LogP contribution < -0.4 is 11.1 Å². The molecule has 0 fully saturated rings. The molecule has 9 heteroatoms. The van der Waals surface area contributed by atoms with E-state index in [0.717, 1.165) is 16.8 Å². The topological polar surface area (TPSA) is 134 Å². The number of aromatic amines is 1. The summed E-state index contributed by atoms with van der Waals surface area (Å²) in [5.74, 6) is -0.781. The SMILES string of the molecule is CCN(CC)C(C(N)=O)c1c(C)[nH]c(/C=C2\C(=O)Nc3ccc([N+](=O)[O-])cc32)c1C. The maximum atomic E-state index is 12.5. The molecule has 1 aromatic carbocycles. The highest BCUT2D eigenvalue weighted by molar-refractivity contribution is 6.35. The van der Waals surface area contributed by atoms with Crippen LogP contribution in [0.5, 0.6) is 0 Å². The van der Waals surface area contributed by atoms with Gasteiger partial charge in [0.05, 0.1) is 10.5 Å². The number of H-pyrrole nitrogens is 1. The van der Waals surface area contributed by atoms with Gasteiger partial charge < -0.3 is 16.0 Å². The first-order chi connectivity index (χ1) is 14.2. The van der Waals surface area contributed by atoms with Crippen LogP contribution in [0.2, 0.25) is 0 Å². The molecule has 158 valence electrons. The lowest BCUT2D eigenvalue weighted by Crippen LogP contribution is -2.38. The van der Waals surface area contributed by atoms with Gasteiger partial charge in [0.25, 0.3) is 11.6 Å². The molecule has 9 nitrogen and oxygen atoms in total. The molecule has 4 N–H and O–H groups in total. The smallest absolute Gasteiger partial charge is 0.270 e. The summed E-state index contributed by atoms with van der Waals surface area (Å²) in [7, 11) is 0. The van der Waals surface area contributed by atoms with Crippen molar-refractivity contribution in [2.45, 2.75) is 33.7 Å². The molecule has 2 aromatic rings. The van der Waals surface area contributed by atoms with Crippen LogP contribution in [0.15, 0.2) is 18.2 Å². The number of hydrogen-bond donors (Lipinski definition) is 3. The molecule has 1 unspecified atom stereocenters. The molecule has 30 heavy (non-hydrogen) atoms. The van der Waals surface area contributed by atoms with Crippen molar-refractivity contribution in [1.82, 2.24) is 9.88 Å². The van der Waals surface area contributed by atoms with Crippen molar-refractivity contribution in [3.63, 3.8) is 0 Å². The minimum absolute atomic E-state index is 0.0912. The van der Waals surface area contributed by atoms with Crippen molar-refractivity contribution in [3.05, 3.63) is 56.4 Å². The molecule has 0 spiro atoms. The molecular weight excluding hydrogens is 386 g/mol. The second kappa shape index (κ2) is 8.11. The molecule has 0 aliphatic carbocycles. The Bertz CT molecular complexity index is 1070. The predicted octanol–water partition coefficient (Wildman–Crippen LogP) is 2.90. The lowest BCUT2D eigenvalue weighted by Gasteiger charge is -2.28. The van der Waals surface area contributed by atoms with Gasteiger partial charge in [-0.25, -0.2) is 0 Å². The van der Waals surface area contributed by atoms with E-state index in [9.17, 15) is 19.7 Å². The van der Waals surface area contributed by atoms with E-state index in [4.69, 9.17) is 5.73 Å². The summed E-state index contributed by atoms with van der Waals surface area (Å²) in [6.07, 6.45) is 1.66. The molecule has 2 amide bonds. The minimum Gasteiger partial charge on any atom is -0.368 e. The van der Waals surface area contributed by atoms with Crippen LogP contribution in [-0.2, 0) is 9.59 Å². The Morgan fingerprint density at radius 3 is 2.53 bits per heavy atom. The summed E-state index contributed by atoms with van der Waals surface area (Å²) in [5.41, 5.74) is 9.99. The maximum absolute atomic E-state index is 12.5. The Morgan fingerprint density at radius 2 is 1.97 bits per heavy atom. The van der Waals surface area contributed by atoms with Crippen LogP contribution in [-0.4, -0.2) is 39.7 Å². The first-order valence-electron chi connectivity index (χ1n) is 9.73. The van der Waals surface area contributed by atoms with Crippen molar-refractivity contribution >= 4 is 34.8 Å². The summed E-state index contributed by atoms with van der Waals surface area (Å²) in [5, 5.41) is 13.9. The molecule has 2 heterocycles. The van der Waals surface area contributed by atoms with E-state index in [1.165, 1.54) is 18.2 Å². The number of aryl methyl sites for hydroxylation is 1. The summed E-state index contributed by atoms with van der Waals surface area (Å²) >= 11 is 0. The highest BCUT2D eigenvalue weighted by Crippen LogP contribution is 2.37. The van der Waals surface area contributed by atoms with Crippen molar-refractivity contribution in [2.24, 2.45) is 5.73 Å². The fraction of sp³-hybridized carbons (Fsp3) is 0.333. The molecule has 0 bridgehead atoms. The molecule has 3 rings (SSSR count). The number of anilines is 1. The minimum atomic E-state index is -0.589. The molecular formula is C21H25N5O4. The van der Waals surface area contributed by atoms with Gasteiger partial charge in [0, 0.05) is 40.3 Å². The van der Waals surface area contributed by atoms with E-state index < -0.39 is 16.9 Å². The zero-order valence-electron chi connectivity index (χ0n) is 17.4. The standard InChI is InChI=1S/C21H25N5O4/c1-5-25(6-2)19(20(22)27)18-11(3)17(23-12(18)4)10-15-14-9-13(26(29)30)7-8-16(14)24-21(15)28/h7-10,19,23H,5-6H2,1-4H3,(H2,22,27)(H,24,28)/b15-10-. The number of likely N-dealkylation sites (N-methyl/N-ethyl adjacent to an activating group) is 1. The van der Waals surface area contributed by atoms with Crippen molar-refractivity contribution in [2.75, 3.05) is 18.4 Å². The number of hydrogen-bond acceptors (Lipinski definition) is 5. The summed E-state index contributed by atoms with van der Waals surface area (Å²) < 4.78 is 0. The van der Waals surface area contributed by atoms with Crippen molar-refractivity contribution in [1.29, 1.82) is 0 Å². The Morgan fingerprint density at radius 1 is 1.30 bits per heavy atom. The maximum Gasteiger partial charge on any atom is 0.270 e. The Balaban J connectivity index is 2.12. The number of nitrogens with one attached hydrogen (secondary N) is 2. The monoisotopic (exact) mass is 411 g/mol. The van der Waals surface area contributed by atoms with Gasteiger partial charge in [-0.3, -0.25) is 24.6 Å². The van der Waals surface area contributed by atoms with Gasteiger partial charge in [-0.15, -0.1) is 0 Å². The average Bonchev–Trinajstić information content (AvgIpc) is 3.15. The number of nitro benzene ring substituents is 1. The summed E-state index contributed by atoms with van der Waals surface area (Å²) in [4.78, 5) is 40.6. The fourth-order valence-electron chi connectivity index (χ4n) is 4.01. The van der Waals surface area contributed by atoms with Crippen LogP contribution in [0.25, 0.3) is 11.6 Å². The molecule has 1 atom stereocenters. The van der Waals surface area contributed by atoms with Gasteiger partial charge in [-0.1, -0.05) is 13.8 Å². The summed E-state index contributed by atoms with van der Waals surface area (Å²) in [6, 6.07) is 3.67. The van der Waals surface area contributed by atoms with Crippen LogP contribution in [0.1, 0.15) is 48.0 Å². The van der Waals surface area contributed by atoms with Crippen molar-refractivity contribution in [3.8, 4) is 0 Å². The highest BCUT2D eigenvalue weighted by Gasteiger charge is 2.30. The predicted molar refractivity (Wildman–Crippen MR) is 115 cm³/mol. The molecule has 0 saturated carbocycles. The van der Waals surface area contributed by atoms with E-state index in [1.54, 1.807) is 6.08 Å². The number of carbonyl (C=O) groups excluding carboxylic acids is 2. The van der Waals surface area contributed by atoms with E-state index in [1.807, 2.05) is 32.6 Å². The number of benzene rings is 1. The van der Waals surface area contributed by atoms with Crippen LogP contribution in [0, 0.1) is 24.0 Å². The number of fused-ring (bicyclic) bond motifs is 1. The van der Waals surface area contributed by atoms with Gasteiger partial charge in [-0.2, -0.15) is 0 Å². The third kappa shape index (κ3) is 3.59. The number of nitrogens with zero attached hydrogens (tertiary/aromatic N) is 2. The molecule has 1 aliphatic rings. The van der Waals surface area contributed by atoms with Gasteiger partial charge in [0.2, 0.25) is 5.91 Å². The number of nitrogens with two attached hydrogens (primary N) is 1. The van der Waals surface area contributed by atoms with E-state index in [0.29, 0.717) is 35.6 Å². The van der Waals surface area contributed by atoms with Crippen molar-refractivity contribution < 1.29 is 14.5 Å². The Hall–Kier alpha value is -3.46. The van der Waals surface area contributed by atoms with Crippen LogP contribution in [0.3, 0.4) is 0 Å². The fourth-order valence-corrected chi connectivity index (χ4v) is 4.01. The van der Waals surface area contributed by atoms with E-state index >= 15 is 0 Å². The zero-order valence-corrected chi connectivity index (χ0v) is 17.4. The largest absolute Gasteiger partial charge is 0.368 e. The number of carbonyl (C=O) groups is 2. The number of nitro groups is 1. The second-order valence-electron chi connectivity index (χ2n) is 7.23. The number of aromatic nitrogens is 1. The first kappa shape index (κ1) is 21.3.